The topological polar surface area (TPSA) is 12.0 Å². The van der Waals surface area contributed by atoms with E-state index in [1.165, 1.54) is 25.0 Å². The van der Waals surface area contributed by atoms with Crippen molar-refractivity contribution in [3.63, 3.8) is 0 Å². The fraction of sp³-hybridized carbons (Fsp3) is 0.600. The average Bonchev–Trinajstić information content (AvgIpc) is 3.18. The monoisotopic (exact) mass is 271 g/mol. The Morgan fingerprint density at radius 2 is 1.84 bits per heavy atom. The van der Waals surface area contributed by atoms with Crippen molar-refractivity contribution in [2.75, 3.05) is 6.54 Å². The van der Waals surface area contributed by atoms with Crippen molar-refractivity contribution < 1.29 is 13.2 Å². The molecule has 0 bridgehead atoms. The molecular weight excluding hydrogens is 251 g/mol. The maximum Gasteiger partial charge on any atom is 0.416 e. The Kier molecular flexibility index (Phi) is 4.50. The molecule has 1 aliphatic rings. The number of alkyl halides is 3. The second kappa shape index (κ2) is 5.95. The molecule has 0 heterocycles. The van der Waals surface area contributed by atoms with Crippen molar-refractivity contribution in [3.8, 4) is 0 Å². The zero-order valence-electron chi connectivity index (χ0n) is 11.1. The maximum atomic E-state index is 12.5. The summed E-state index contributed by atoms with van der Waals surface area (Å²) in [6.07, 6.45) is 0.137. The van der Waals surface area contributed by atoms with Gasteiger partial charge in [0.05, 0.1) is 5.56 Å². The standard InChI is InChI=1S/C15H20F3N/c1-2-9-19-14(12-5-6-12)10-11-3-7-13(8-4-11)15(16,17)18/h3-4,7-8,12,14,19H,2,5-6,9-10H2,1H3. The van der Waals surface area contributed by atoms with Crippen LogP contribution in [-0.4, -0.2) is 12.6 Å². The van der Waals surface area contributed by atoms with Gasteiger partial charge in [0.15, 0.2) is 0 Å². The highest BCUT2D eigenvalue weighted by molar-refractivity contribution is 5.25. The molecule has 0 aliphatic heterocycles. The number of hydrogen-bond donors (Lipinski definition) is 1. The van der Waals surface area contributed by atoms with Crippen LogP contribution in [0.5, 0.6) is 0 Å². The highest BCUT2D eigenvalue weighted by Gasteiger charge is 2.32. The second-order valence-electron chi connectivity index (χ2n) is 5.30. The Hall–Kier alpha value is -1.03. The fourth-order valence-electron chi connectivity index (χ4n) is 2.32. The van der Waals surface area contributed by atoms with Crippen molar-refractivity contribution in [1.82, 2.24) is 5.32 Å². The first-order valence-electron chi connectivity index (χ1n) is 6.90. The van der Waals surface area contributed by atoms with Crippen molar-refractivity contribution in [2.24, 2.45) is 5.92 Å². The Labute approximate surface area is 112 Å². The molecule has 1 saturated carbocycles. The van der Waals surface area contributed by atoms with Crippen LogP contribution < -0.4 is 5.32 Å². The van der Waals surface area contributed by atoms with Crippen LogP contribution in [0.25, 0.3) is 0 Å². The van der Waals surface area contributed by atoms with Gasteiger partial charge in [-0.25, -0.2) is 0 Å². The van der Waals surface area contributed by atoms with E-state index >= 15 is 0 Å². The minimum atomic E-state index is -4.24. The van der Waals surface area contributed by atoms with E-state index < -0.39 is 11.7 Å². The normalized spacial score (nSPS) is 17.5. The summed E-state index contributed by atoms with van der Waals surface area (Å²) in [5, 5.41) is 3.50. The highest BCUT2D eigenvalue weighted by atomic mass is 19.4. The minimum Gasteiger partial charge on any atom is -0.313 e. The van der Waals surface area contributed by atoms with E-state index in [0.29, 0.717) is 12.0 Å². The molecule has 0 amide bonds. The molecular formula is C15H20F3N. The van der Waals surface area contributed by atoms with Crippen molar-refractivity contribution in [2.45, 2.75) is 44.8 Å². The van der Waals surface area contributed by atoms with Crippen LogP contribution in [0, 0.1) is 5.92 Å². The van der Waals surface area contributed by atoms with Gasteiger partial charge in [-0.05, 0) is 55.8 Å². The molecule has 0 spiro atoms. The zero-order valence-corrected chi connectivity index (χ0v) is 11.1. The third-order valence-corrected chi connectivity index (χ3v) is 3.58. The molecule has 1 aromatic carbocycles. The van der Waals surface area contributed by atoms with E-state index in [1.807, 2.05) is 0 Å². The molecule has 1 nitrogen and oxygen atoms in total. The number of halogens is 3. The van der Waals surface area contributed by atoms with Crippen LogP contribution in [0.3, 0.4) is 0 Å². The Bertz CT molecular complexity index is 393. The lowest BCUT2D eigenvalue weighted by Gasteiger charge is -2.18. The summed E-state index contributed by atoms with van der Waals surface area (Å²) in [6, 6.07) is 5.98. The second-order valence-corrected chi connectivity index (χ2v) is 5.30. The van der Waals surface area contributed by atoms with E-state index in [2.05, 4.69) is 12.2 Å². The van der Waals surface area contributed by atoms with E-state index in [9.17, 15) is 13.2 Å². The Balaban J connectivity index is 1.97. The maximum absolute atomic E-state index is 12.5. The average molecular weight is 271 g/mol. The van der Waals surface area contributed by atoms with Gasteiger partial charge in [-0.3, -0.25) is 0 Å². The smallest absolute Gasteiger partial charge is 0.313 e. The van der Waals surface area contributed by atoms with Gasteiger partial charge in [-0.15, -0.1) is 0 Å². The predicted octanol–water partition coefficient (Wildman–Crippen LogP) is 4.03. The summed E-state index contributed by atoms with van der Waals surface area (Å²) < 4.78 is 37.4. The quantitative estimate of drug-likeness (QED) is 0.823. The van der Waals surface area contributed by atoms with Crippen LogP contribution in [0.4, 0.5) is 13.2 Å². The summed E-state index contributed by atoms with van der Waals surface area (Å²) >= 11 is 0. The third-order valence-electron chi connectivity index (χ3n) is 3.58. The molecule has 106 valence electrons. The molecule has 0 saturated heterocycles. The molecule has 2 rings (SSSR count). The SMILES string of the molecule is CCCNC(Cc1ccc(C(F)(F)F)cc1)C1CC1. The number of rotatable bonds is 6. The Morgan fingerprint density at radius 3 is 2.32 bits per heavy atom. The molecule has 1 fully saturated rings. The van der Waals surface area contributed by atoms with Crippen LogP contribution in [0.2, 0.25) is 0 Å². The van der Waals surface area contributed by atoms with E-state index in [4.69, 9.17) is 0 Å². The van der Waals surface area contributed by atoms with Gasteiger partial charge in [0.25, 0.3) is 0 Å². The zero-order chi connectivity index (χ0) is 13.9. The van der Waals surface area contributed by atoms with E-state index in [1.54, 1.807) is 12.1 Å². The molecule has 0 radical (unpaired) electrons. The van der Waals surface area contributed by atoms with E-state index in [-0.39, 0.29) is 0 Å². The van der Waals surface area contributed by atoms with Gasteiger partial charge >= 0.3 is 6.18 Å². The molecule has 19 heavy (non-hydrogen) atoms. The summed E-state index contributed by atoms with van der Waals surface area (Å²) in [5.74, 6) is 0.703. The molecule has 1 atom stereocenters. The molecule has 0 aromatic heterocycles. The molecule has 4 heteroatoms. The number of nitrogens with one attached hydrogen (secondary N) is 1. The van der Waals surface area contributed by atoms with Crippen LogP contribution in [0.15, 0.2) is 24.3 Å². The van der Waals surface area contributed by atoms with Crippen molar-refractivity contribution in [3.05, 3.63) is 35.4 Å². The predicted molar refractivity (Wildman–Crippen MR) is 70.0 cm³/mol. The van der Waals surface area contributed by atoms with Crippen LogP contribution in [-0.2, 0) is 12.6 Å². The lowest BCUT2D eigenvalue weighted by molar-refractivity contribution is -0.137. The molecule has 1 aromatic rings. The van der Waals surface area contributed by atoms with E-state index in [0.717, 1.165) is 24.9 Å². The van der Waals surface area contributed by atoms with Gasteiger partial charge in [-0.1, -0.05) is 19.1 Å². The van der Waals surface area contributed by atoms with Gasteiger partial charge < -0.3 is 5.32 Å². The first-order valence-corrected chi connectivity index (χ1v) is 6.90. The Morgan fingerprint density at radius 1 is 1.21 bits per heavy atom. The van der Waals surface area contributed by atoms with Gasteiger partial charge in [0.2, 0.25) is 0 Å². The van der Waals surface area contributed by atoms with Crippen molar-refractivity contribution >= 4 is 0 Å². The molecule has 1 N–H and O–H groups in total. The fourth-order valence-corrected chi connectivity index (χ4v) is 2.32. The van der Waals surface area contributed by atoms with Gasteiger partial charge in [-0.2, -0.15) is 13.2 Å². The molecule has 1 aliphatic carbocycles. The highest BCUT2D eigenvalue weighted by Crippen LogP contribution is 2.34. The first-order chi connectivity index (χ1) is 9.00. The summed E-state index contributed by atoms with van der Waals surface area (Å²) in [4.78, 5) is 0. The largest absolute Gasteiger partial charge is 0.416 e. The molecule has 1 unspecified atom stereocenters. The third kappa shape index (κ3) is 4.23. The summed E-state index contributed by atoms with van der Waals surface area (Å²) in [5.41, 5.74) is 0.411. The van der Waals surface area contributed by atoms with Crippen LogP contribution in [0.1, 0.15) is 37.3 Å². The van der Waals surface area contributed by atoms with Gasteiger partial charge in [0, 0.05) is 6.04 Å². The summed E-state index contributed by atoms with van der Waals surface area (Å²) in [6.45, 7) is 3.09. The van der Waals surface area contributed by atoms with Crippen molar-refractivity contribution in [1.29, 1.82) is 0 Å². The summed E-state index contributed by atoms with van der Waals surface area (Å²) in [7, 11) is 0. The van der Waals surface area contributed by atoms with Crippen LogP contribution >= 0.6 is 0 Å². The van der Waals surface area contributed by atoms with Gasteiger partial charge in [0.1, 0.15) is 0 Å². The lowest BCUT2D eigenvalue weighted by atomic mass is 10.0. The minimum absolute atomic E-state index is 0.414. The first kappa shape index (κ1) is 14.4. The lowest BCUT2D eigenvalue weighted by Crippen LogP contribution is -2.33. The number of benzene rings is 1. The number of hydrogen-bond acceptors (Lipinski definition) is 1.